The maximum Gasteiger partial charge on any atom is 0.333 e. The molecule has 1 rings (SSSR count). The van der Waals surface area contributed by atoms with E-state index in [1.807, 2.05) is 0 Å². The third kappa shape index (κ3) is 4.13. The molecule has 0 aromatic carbocycles. The highest BCUT2D eigenvalue weighted by molar-refractivity contribution is 5.86. The Morgan fingerprint density at radius 1 is 1.50 bits per heavy atom. The van der Waals surface area contributed by atoms with E-state index in [4.69, 9.17) is 4.74 Å². The second kappa shape index (κ2) is 5.90. The highest BCUT2D eigenvalue weighted by atomic mass is 16.5. The summed E-state index contributed by atoms with van der Waals surface area (Å²) in [5.41, 5.74) is 1.31. The standard InChI is InChI=1S/C12H15NO3/c1-9(2)12(15)16-7-3-4-10-5-6-11(14)13-8-10/h5-6,8H,1,3-4,7H2,2H3,(H,13,14). The van der Waals surface area contributed by atoms with Crippen LogP contribution in [-0.4, -0.2) is 17.6 Å². The molecule has 4 nitrogen and oxygen atoms in total. The molecule has 1 heterocycles. The minimum Gasteiger partial charge on any atom is -0.462 e. The zero-order chi connectivity index (χ0) is 12.0. The molecule has 0 amide bonds. The summed E-state index contributed by atoms with van der Waals surface area (Å²) in [5, 5.41) is 0. The average molecular weight is 221 g/mol. The van der Waals surface area contributed by atoms with Gasteiger partial charge in [0.25, 0.3) is 0 Å². The minimum atomic E-state index is -0.360. The van der Waals surface area contributed by atoms with Gasteiger partial charge in [0.1, 0.15) is 0 Å². The second-order valence-corrected chi connectivity index (χ2v) is 3.58. The van der Waals surface area contributed by atoms with Gasteiger partial charge in [-0.1, -0.05) is 12.6 Å². The Balaban J connectivity index is 2.26. The number of pyridine rings is 1. The van der Waals surface area contributed by atoms with E-state index in [1.165, 1.54) is 6.07 Å². The van der Waals surface area contributed by atoms with E-state index in [2.05, 4.69) is 11.6 Å². The predicted octanol–water partition coefficient (Wildman–Crippen LogP) is 1.43. The van der Waals surface area contributed by atoms with Crippen LogP contribution in [0.1, 0.15) is 18.9 Å². The number of aryl methyl sites for hydroxylation is 1. The molecule has 16 heavy (non-hydrogen) atoms. The van der Waals surface area contributed by atoms with Gasteiger partial charge in [0.15, 0.2) is 0 Å². The Morgan fingerprint density at radius 3 is 2.81 bits per heavy atom. The molecule has 0 aliphatic heterocycles. The number of rotatable bonds is 5. The van der Waals surface area contributed by atoms with E-state index in [9.17, 15) is 9.59 Å². The van der Waals surface area contributed by atoms with Gasteiger partial charge in [-0.05, 0) is 25.3 Å². The van der Waals surface area contributed by atoms with Gasteiger partial charge in [-0.3, -0.25) is 4.79 Å². The van der Waals surface area contributed by atoms with Gasteiger partial charge < -0.3 is 9.72 Å². The average Bonchev–Trinajstić information content (AvgIpc) is 2.26. The molecule has 0 aliphatic carbocycles. The molecule has 0 atom stereocenters. The molecule has 86 valence electrons. The Kier molecular flexibility index (Phi) is 4.51. The fraction of sp³-hybridized carbons (Fsp3) is 0.333. The second-order valence-electron chi connectivity index (χ2n) is 3.58. The maximum absolute atomic E-state index is 11.0. The number of hydrogen-bond acceptors (Lipinski definition) is 3. The first-order chi connectivity index (χ1) is 7.59. The molecule has 1 aromatic heterocycles. The summed E-state index contributed by atoms with van der Waals surface area (Å²) in [6, 6.07) is 3.24. The number of carbonyl (C=O) groups is 1. The lowest BCUT2D eigenvalue weighted by Crippen LogP contribution is -2.07. The minimum absolute atomic E-state index is 0.113. The smallest absolute Gasteiger partial charge is 0.333 e. The number of esters is 1. The van der Waals surface area contributed by atoms with Gasteiger partial charge in [0, 0.05) is 17.8 Å². The van der Waals surface area contributed by atoms with Crippen LogP contribution in [0.5, 0.6) is 0 Å². The van der Waals surface area contributed by atoms with Crippen LogP contribution >= 0.6 is 0 Å². The summed E-state index contributed by atoms with van der Waals surface area (Å²) in [4.78, 5) is 24.4. The van der Waals surface area contributed by atoms with Crippen molar-refractivity contribution in [3.63, 3.8) is 0 Å². The third-order valence-electron chi connectivity index (χ3n) is 2.04. The quantitative estimate of drug-likeness (QED) is 0.465. The van der Waals surface area contributed by atoms with E-state index >= 15 is 0 Å². The maximum atomic E-state index is 11.0. The van der Waals surface area contributed by atoms with E-state index in [0.717, 1.165) is 18.4 Å². The van der Waals surface area contributed by atoms with Crippen LogP contribution in [0.4, 0.5) is 0 Å². The van der Waals surface area contributed by atoms with E-state index in [0.29, 0.717) is 12.2 Å². The lowest BCUT2D eigenvalue weighted by molar-refractivity contribution is -0.139. The van der Waals surface area contributed by atoms with Gasteiger partial charge in [-0.2, -0.15) is 0 Å². The molecular weight excluding hydrogens is 206 g/mol. The van der Waals surface area contributed by atoms with Crippen molar-refractivity contribution in [3.05, 3.63) is 46.4 Å². The summed E-state index contributed by atoms with van der Waals surface area (Å²) in [6.07, 6.45) is 3.16. The number of H-pyrrole nitrogens is 1. The first kappa shape index (κ1) is 12.2. The van der Waals surface area contributed by atoms with Crippen molar-refractivity contribution in [2.24, 2.45) is 0 Å². The summed E-state index contributed by atoms with van der Waals surface area (Å²) in [6.45, 7) is 5.47. The molecule has 0 saturated carbocycles. The first-order valence-corrected chi connectivity index (χ1v) is 5.10. The Hall–Kier alpha value is -1.84. The molecule has 0 saturated heterocycles. The van der Waals surface area contributed by atoms with Crippen LogP contribution in [0.3, 0.4) is 0 Å². The molecule has 4 heteroatoms. The van der Waals surface area contributed by atoms with Gasteiger partial charge in [-0.15, -0.1) is 0 Å². The van der Waals surface area contributed by atoms with Crippen molar-refractivity contribution in [1.82, 2.24) is 4.98 Å². The van der Waals surface area contributed by atoms with Crippen LogP contribution in [0, 0.1) is 0 Å². The SMILES string of the molecule is C=C(C)C(=O)OCCCc1ccc(=O)[nH]c1. The summed E-state index contributed by atoms with van der Waals surface area (Å²) in [5.74, 6) is -0.360. The largest absolute Gasteiger partial charge is 0.462 e. The van der Waals surface area contributed by atoms with E-state index < -0.39 is 0 Å². The summed E-state index contributed by atoms with van der Waals surface area (Å²) < 4.78 is 4.94. The van der Waals surface area contributed by atoms with Crippen molar-refractivity contribution in [2.45, 2.75) is 19.8 Å². The van der Waals surface area contributed by atoms with Gasteiger partial charge >= 0.3 is 5.97 Å². The molecule has 0 spiro atoms. The van der Waals surface area contributed by atoms with Crippen LogP contribution < -0.4 is 5.56 Å². The van der Waals surface area contributed by atoms with Crippen molar-refractivity contribution in [1.29, 1.82) is 0 Å². The van der Waals surface area contributed by atoms with E-state index in [1.54, 1.807) is 19.2 Å². The summed E-state index contributed by atoms with van der Waals surface area (Å²) in [7, 11) is 0. The van der Waals surface area contributed by atoms with Crippen molar-refractivity contribution in [3.8, 4) is 0 Å². The first-order valence-electron chi connectivity index (χ1n) is 5.10. The van der Waals surface area contributed by atoms with Crippen LogP contribution in [-0.2, 0) is 16.0 Å². The van der Waals surface area contributed by atoms with Crippen LogP contribution in [0.25, 0.3) is 0 Å². The molecule has 0 radical (unpaired) electrons. The summed E-state index contributed by atoms with van der Waals surface area (Å²) >= 11 is 0. The number of aromatic nitrogens is 1. The Morgan fingerprint density at radius 2 is 2.25 bits per heavy atom. The molecule has 1 aromatic rings. The molecule has 0 aliphatic rings. The fourth-order valence-corrected chi connectivity index (χ4v) is 1.16. The predicted molar refractivity (Wildman–Crippen MR) is 61.2 cm³/mol. The number of nitrogens with one attached hydrogen (secondary N) is 1. The molecule has 1 N–H and O–H groups in total. The lowest BCUT2D eigenvalue weighted by Gasteiger charge is -2.03. The normalized spacial score (nSPS) is 9.81. The third-order valence-corrected chi connectivity index (χ3v) is 2.04. The van der Waals surface area contributed by atoms with Crippen LogP contribution in [0.2, 0.25) is 0 Å². The molecule has 0 fully saturated rings. The van der Waals surface area contributed by atoms with Crippen molar-refractivity contribution >= 4 is 5.97 Å². The van der Waals surface area contributed by atoms with Gasteiger partial charge in [0.2, 0.25) is 5.56 Å². The zero-order valence-electron chi connectivity index (χ0n) is 9.29. The number of ether oxygens (including phenoxy) is 1. The highest BCUT2D eigenvalue weighted by Gasteiger charge is 2.02. The van der Waals surface area contributed by atoms with Crippen molar-refractivity contribution < 1.29 is 9.53 Å². The Labute approximate surface area is 94.0 Å². The molecule has 0 unspecified atom stereocenters. The fourth-order valence-electron chi connectivity index (χ4n) is 1.16. The van der Waals surface area contributed by atoms with Gasteiger partial charge in [-0.25, -0.2) is 4.79 Å². The zero-order valence-corrected chi connectivity index (χ0v) is 9.29. The lowest BCUT2D eigenvalue weighted by atomic mass is 10.2. The topological polar surface area (TPSA) is 59.2 Å². The van der Waals surface area contributed by atoms with Gasteiger partial charge in [0.05, 0.1) is 6.61 Å². The number of hydrogen-bond donors (Lipinski definition) is 1. The monoisotopic (exact) mass is 221 g/mol. The van der Waals surface area contributed by atoms with E-state index in [-0.39, 0.29) is 11.5 Å². The molecule has 0 bridgehead atoms. The highest BCUT2D eigenvalue weighted by Crippen LogP contribution is 2.00. The Bertz CT molecular complexity index is 414. The van der Waals surface area contributed by atoms with Crippen LogP contribution in [0.15, 0.2) is 35.3 Å². The van der Waals surface area contributed by atoms with Crippen molar-refractivity contribution in [2.75, 3.05) is 6.61 Å². The molecular formula is C12H15NO3. The number of carbonyl (C=O) groups excluding carboxylic acids is 1. The number of aromatic amines is 1.